The minimum Gasteiger partial charge on any atom is -0.497 e. The van der Waals surface area contributed by atoms with Crippen LogP contribution in [0.1, 0.15) is 5.56 Å². The molecule has 1 aromatic carbocycles. The Morgan fingerprint density at radius 1 is 1.38 bits per heavy atom. The van der Waals surface area contributed by atoms with E-state index in [0.717, 1.165) is 23.4 Å². The minimum absolute atomic E-state index is 0.387. The summed E-state index contributed by atoms with van der Waals surface area (Å²) in [4.78, 5) is 13.0. The van der Waals surface area contributed by atoms with Gasteiger partial charge in [-0.1, -0.05) is 6.08 Å². The van der Waals surface area contributed by atoms with Crippen molar-refractivity contribution in [2.75, 3.05) is 19.1 Å². The molecule has 4 heteroatoms. The molecule has 1 aliphatic rings. The normalized spacial score (nSPS) is 13.2. The van der Waals surface area contributed by atoms with Crippen LogP contribution in [0.25, 0.3) is 0 Å². The van der Waals surface area contributed by atoms with Gasteiger partial charge in [0.05, 0.1) is 19.9 Å². The summed E-state index contributed by atoms with van der Waals surface area (Å²) in [7, 11) is 2.99. The van der Waals surface area contributed by atoms with Crippen LogP contribution in [0.5, 0.6) is 5.75 Å². The number of nitrogens with zero attached hydrogens (tertiary/aromatic N) is 1. The van der Waals surface area contributed by atoms with Gasteiger partial charge in [0.1, 0.15) is 5.75 Å². The van der Waals surface area contributed by atoms with Gasteiger partial charge in [-0.2, -0.15) is 0 Å². The number of hydrogen-bond acceptors (Lipinski definition) is 3. The summed E-state index contributed by atoms with van der Waals surface area (Å²) in [6.07, 6.45) is 4.04. The predicted octanol–water partition coefficient (Wildman–Crippen LogP) is 2.34. The standard InChI is InChI=1S/C12H13NO3/c1-15-10-5-6-11-9(8-10)4-3-7-13(11)12(14)16-2/h3,5-8H,4H2,1-2H3. The molecule has 0 atom stereocenters. The van der Waals surface area contributed by atoms with Crippen LogP contribution in [0.3, 0.4) is 0 Å². The molecule has 1 amide bonds. The fraction of sp³-hybridized carbons (Fsp3) is 0.250. The monoisotopic (exact) mass is 219 g/mol. The van der Waals surface area contributed by atoms with E-state index in [2.05, 4.69) is 0 Å². The zero-order valence-corrected chi connectivity index (χ0v) is 9.27. The van der Waals surface area contributed by atoms with Gasteiger partial charge in [0.2, 0.25) is 0 Å². The van der Waals surface area contributed by atoms with E-state index in [1.165, 1.54) is 12.0 Å². The summed E-state index contributed by atoms with van der Waals surface area (Å²) in [5.41, 5.74) is 1.89. The lowest BCUT2D eigenvalue weighted by atomic mass is 10.1. The van der Waals surface area contributed by atoms with Gasteiger partial charge in [0.25, 0.3) is 0 Å². The number of allylic oxidation sites excluding steroid dienone is 1. The molecule has 0 spiro atoms. The molecule has 0 fully saturated rings. The zero-order valence-electron chi connectivity index (χ0n) is 9.27. The highest BCUT2D eigenvalue weighted by atomic mass is 16.5. The number of anilines is 1. The number of carbonyl (C=O) groups excluding carboxylic acids is 1. The summed E-state index contributed by atoms with van der Waals surface area (Å²) in [5, 5.41) is 0. The molecule has 1 aliphatic heterocycles. The van der Waals surface area contributed by atoms with Gasteiger partial charge in [-0.3, -0.25) is 4.90 Å². The Morgan fingerprint density at radius 2 is 2.19 bits per heavy atom. The van der Waals surface area contributed by atoms with Crippen LogP contribution in [0, 0.1) is 0 Å². The third-order valence-corrected chi connectivity index (χ3v) is 2.51. The van der Waals surface area contributed by atoms with E-state index >= 15 is 0 Å². The quantitative estimate of drug-likeness (QED) is 0.727. The summed E-state index contributed by atoms with van der Waals surface area (Å²) in [5.74, 6) is 0.791. The molecule has 0 saturated carbocycles. The molecule has 1 aromatic rings. The largest absolute Gasteiger partial charge is 0.497 e. The topological polar surface area (TPSA) is 38.8 Å². The van der Waals surface area contributed by atoms with Crippen molar-refractivity contribution in [3.63, 3.8) is 0 Å². The van der Waals surface area contributed by atoms with Gasteiger partial charge in [0, 0.05) is 6.20 Å². The van der Waals surface area contributed by atoms with Crippen molar-refractivity contribution in [3.05, 3.63) is 36.0 Å². The lowest BCUT2D eigenvalue weighted by molar-refractivity contribution is 0.181. The maximum Gasteiger partial charge on any atom is 0.418 e. The van der Waals surface area contributed by atoms with E-state index in [1.54, 1.807) is 13.3 Å². The number of methoxy groups -OCH3 is 2. The van der Waals surface area contributed by atoms with E-state index in [-0.39, 0.29) is 6.09 Å². The van der Waals surface area contributed by atoms with Gasteiger partial charge in [0.15, 0.2) is 0 Å². The third-order valence-electron chi connectivity index (χ3n) is 2.51. The molecule has 0 unspecified atom stereocenters. The molecule has 84 valence electrons. The second kappa shape index (κ2) is 4.26. The predicted molar refractivity (Wildman–Crippen MR) is 60.7 cm³/mol. The number of carbonyl (C=O) groups is 1. The van der Waals surface area contributed by atoms with E-state index in [4.69, 9.17) is 9.47 Å². The summed E-state index contributed by atoms with van der Waals surface area (Å²) in [6.45, 7) is 0. The molecule has 0 aliphatic carbocycles. The van der Waals surface area contributed by atoms with Crippen LogP contribution in [0.2, 0.25) is 0 Å². The van der Waals surface area contributed by atoms with E-state index in [1.807, 2.05) is 24.3 Å². The number of hydrogen-bond donors (Lipinski definition) is 0. The molecule has 4 nitrogen and oxygen atoms in total. The molecule has 0 radical (unpaired) electrons. The van der Waals surface area contributed by atoms with Crippen molar-refractivity contribution in [3.8, 4) is 5.75 Å². The minimum atomic E-state index is -0.387. The lowest BCUT2D eigenvalue weighted by Gasteiger charge is -2.23. The zero-order chi connectivity index (χ0) is 11.5. The first-order valence-corrected chi connectivity index (χ1v) is 4.97. The van der Waals surface area contributed by atoms with Gasteiger partial charge in [-0.25, -0.2) is 4.79 Å². The number of rotatable bonds is 1. The van der Waals surface area contributed by atoms with E-state index in [9.17, 15) is 4.79 Å². The third kappa shape index (κ3) is 1.74. The molecular weight excluding hydrogens is 206 g/mol. The Labute approximate surface area is 94.1 Å². The molecule has 0 bridgehead atoms. The molecule has 0 N–H and O–H groups in total. The highest BCUT2D eigenvalue weighted by molar-refractivity contribution is 5.91. The Balaban J connectivity index is 2.39. The van der Waals surface area contributed by atoms with Crippen LogP contribution < -0.4 is 9.64 Å². The van der Waals surface area contributed by atoms with Crippen LogP contribution in [-0.4, -0.2) is 20.3 Å². The Bertz CT molecular complexity index is 440. The number of benzene rings is 1. The van der Waals surface area contributed by atoms with Crippen molar-refractivity contribution in [2.45, 2.75) is 6.42 Å². The SMILES string of the molecule is COC(=O)N1C=CCc2cc(OC)ccc21. The van der Waals surface area contributed by atoms with Gasteiger partial charge in [-0.15, -0.1) is 0 Å². The maximum atomic E-state index is 11.5. The Morgan fingerprint density at radius 3 is 2.88 bits per heavy atom. The first-order chi connectivity index (χ1) is 7.76. The van der Waals surface area contributed by atoms with Gasteiger partial charge >= 0.3 is 6.09 Å². The van der Waals surface area contributed by atoms with Crippen LogP contribution in [0.4, 0.5) is 10.5 Å². The highest BCUT2D eigenvalue weighted by Gasteiger charge is 2.19. The van der Waals surface area contributed by atoms with Gasteiger partial charge in [-0.05, 0) is 30.2 Å². The molecule has 16 heavy (non-hydrogen) atoms. The fourth-order valence-electron chi connectivity index (χ4n) is 1.71. The van der Waals surface area contributed by atoms with Gasteiger partial charge < -0.3 is 9.47 Å². The molecular formula is C12H13NO3. The first kappa shape index (κ1) is 10.5. The molecule has 2 rings (SSSR count). The highest BCUT2D eigenvalue weighted by Crippen LogP contribution is 2.29. The fourth-order valence-corrected chi connectivity index (χ4v) is 1.71. The number of amides is 1. The summed E-state index contributed by atoms with van der Waals surface area (Å²) in [6, 6.07) is 5.61. The number of fused-ring (bicyclic) bond motifs is 1. The second-order valence-electron chi connectivity index (χ2n) is 3.42. The average molecular weight is 219 g/mol. The first-order valence-electron chi connectivity index (χ1n) is 4.97. The number of ether oxygens (including phenoxy) is 2. The Kier molecular flexibility index (Phi) is 2.81. The van der Waals surface area contributed by atoms with Crippen molar-refractivity contribution < 1.29 is 14.3 Å². The summed E-state index contributed by atoms with van der Waals surface area (Å²) < 4.78 is 9.85. The van der Waals surface area contributed by atoms with Crippen molar-refractivity contribution in [1.82, 2.24) is 0 Å². The van der Waals surface area contributed by atoms with Crippen molar-refractivity contribution in [1.29, 1.82) is 0 Å². The smallest absolute Gasteiger partial charge is 0.418 e. The van der Waals surface area contributed by atoms with Crippen LogP contribution >= 0.6 is 0 Å². The molecule has 1 heterocycles. The summed E-state index contributed by atoms with van der Waals surface area (Å²) >= 11 is 0. The lowest BCUT2D eigenvalue weighted by Crippen LogP contribution is -2.27. The van der Waals surface area contributed by atoms with Crippen molar-refractivity contribution >= 4 is 11.8 Å². The second-order valence-corrected chi connectivity index (χ2v) is 3.42. The average Bonchev–Trinajstić information content (AvgIpc) is 2.36. The van der Waals surface area contributed by atoms with Crippen LogP contribution in [0.15, 0.2) is 30.5 Å². The Hall–Kier alpha value is -1.97. The molecule has 0 saturated heterocycles. The van der Waals surface area contributed by atoms with Crippen molar-refractivity contribution in [2.24, 2.45) is 0 Å². The van der Waals surface area contributed by atoms with Crippen LogP contribution in [-0.2, 0) is 11.2 Å². The van der Waals surface area contributed by atoms with E-state index < -0.39 is 0 Å². The van der Waals surface area contributed by atoms with E-state index in [0.29, 0.717) is 0 Å². The maximum absolute atomic E-state index is 11.5. The molecule has 0 aromatic heterocycles.